The van der Waals surface area contributed by atoms with Crippen molar-refractivity contribution in [2.24, 2.45) is 11.1 Å². The van der Waals surface area contributed by atoms with Crippen LogP contribution in [-0.4, -0.2) is 5.91 Å². The number of hydrogen-bond donors (Lipinski definition) is 1. The standard InChI is InChI=1S/C7H12NO/c1-7(2,3)5-4-6(8)9/h5H,1-3H3,(H2,8,9). The van der Waals surface area contributed by atoms with Gasteiger partial charge in [-0.25, -0.2) is 0 Å². The Balaban J connectivity index is 3.86. The second-order valence-corrected chi connectivity index (χ2v) is 3.02. The highest BCUT2D eigenvalue weighted by Gasteiger charge is 2.03. The summed E-state index contributed by atoms with van der Waals surface area (Å²) in [6.07, 6.45) is 4.06. The van der Waals surface area contributed by atoms with Crippen molar-refractivity contribution >= 4 is 5.91 Å². The summed E-state index contributed by atoms with van der Waals surface area (Å²) in [6, 6.07) is 0. The third-order valence-electron chi connectivity index (χ3n) is 0.647. The van der Waals surface area contributed by atoms with Crippen molar-refractivity contribution in [3.63, 3.8) is 0 Å². The lowest BCUT2D eigenvalue weighted by atomic mass is 9.96. The SMILES string of the molecule is CC(C)(C)/C=[C]/C(N)=O. The van der Waals surface area contributed by atoms with E-state index in [0.717, 1.165) is 0 Å². The fraction of sp³-hybridized carbons (Fsp3) is 0.571. The van der Waals surface area contributed by atoms with Crippen LogP contribution in [0.3, 0.4) is 0 Å². The van der Waals surface area contributed by atoms with Gasteiger partial charge in [0.25, 0.3) is 0 Å². The zero-order valence-electron chi connectivity index (χ0n) is 6.06. The smallest absolute Gasteiger partial charge is 0.249 e. The second kappa shape index (κ2) is 2.67. The summed E-state index contributed by atoms with van der Waals surface area (Å²) in [7, 11) is 0. The molecule has 0 aromatic carbocycles. The van der Waals surface area contributed by atoms with E-state index in [4.69, 9.17) is 5.73 Å². The molecule has 0 aromatic heterocycles. The second-order valence-electron chi connectivity index (χ2n) is 3.02. The van der Waals surface area contributed by atoms with E-state index >= 15 is 0 Å². The van der Waals surface area contributed by atoms with E-state index < -0.39 is 5.91 Å². The Morgan fingerprint density at radius 2 is 2.00 bits per heavy atom. The van der Waals surface area contributed by atoms with Crippen LogP contribution >= 0.6 is 0 Å². The maximum absolute atomic E-state index is 10.1. The van der Waals surface area contributed by atoms with Crippen molar-refractivity contribution in [2.45, 2.75) is 20.8 Å². The summed E-state index contributed by atoms with van der Waals surface area (Å²) >= 11 is 0. The summed E-state index contributed by atoms with van der Waals surface area (Å²) in [5.41, 5.74) is 4.81. The molecule has 0 bridgehead atoms. The quantitative estimate of drug-likeness (QED) is 0.521. The number of primary amides is 1. The average molecular weight is 126 g/mol. The molecule has 51 valence electrons. The van der Waals surface area contributed by atoms with Crippen molar-refractivity contribution < 1.29 is 4.79 Å². The maximum Gasteiger partial charge on any atom is 0.249 e. The molecular formula is C7H12NO. The van der Waals surface area contributed by atoms with E-state index in [2.05, 4.69) is 6.08 Å². The van der Waals surface area contributed by atoms with Gasteiger partial charge < -0.3 is 5.73 Å². The number of carbonyl (C=O) groups is 1. The van der Waals surface area contributed by atoms with E-state index in [0.29, 0.717) is 0 Å². The lowest BCUT2D eigenvalue weighted by Gasteiger charge is -2.09. The minimum absolute atomic E-state index is 0.00493. The van der Waals surface area contributed by atoms with Crippen LogP contribution < -0.4 is 5.73 Å². The van der Waals surface area contributed by atoms with Crippen LogP contribution in [0.1, 0.15) is 20.8 Å². The number of amides is 1. The molecule has 0 rings (SSSR count). The summed E-state index contributed by atoms with van der Waals surface area (Å²) in [5, 5.41) is 0. The van der Waals surface area contributed by atoms with Gasteiger partial charge in [-0.15, -0.1) is 0 Å². The third-order valence-corrected chi connectivity index (χ3v) is 0.647. The molecule has 0 aromatic rings. The molecule has 0 fully saturated rings. The molecule has 2 nitrogen and oxygen atoms in total. The van der Waals surface area contributed by atoms with Gasteiger partial charge in [-0.05, 0) is 5.41 Å². The van der Waals surface area contributed by atoms with Crippen LogP contribution in [-0.2, 0) is 4.79 Å². The highest BCUT2D eigenvalue weighted by molar-refractivity contribution is 5.81. The molecule has 0 atom stereocenters. The molecule has 0 heterocycles. The summed E-state index contributed by atoms with van der Waals surface area (Å²) < 4.78 is 0. The molecule has 0 aliphatic carbocycles. The third kappa shape index (κ3) is 7.21. The molecular weight excluding hydrogens is 114 g/mol. The molecule has 0 saturated heterocycles. The number of rotatable bonds is 1. The van der Waals surface area contributed by atoms with Gasteiger partial charge in [0.1, 0.15) is 0 Å². The Kier molecular flexibility index (Phi) is 2.43. The van der Waals surface area contributed by atoms with Crippen LogP contribution in [0.15, 0.2) is 6.08 Å². The van der Waals surface area contributed by atoms with Crippen molar-refractivity contribution in [3.8, 4) is 0 Å². The predicted octanol–water partition coefficient (Wildman–Crippen LogP) is 0.877. The Morgan fingerprint density at radius 3 is 2.11 bits per heavy atom. The zero-order chi connectivity index (χ0) is 7.49. The monoisotopic (exact) mass is 126 g/mol. The first-order valence-electron chi connectivity index (χ1n) is 2.82. The van der Waals surface area contributed by atoms with Crippen LogP contribution in [0.5, 0.6) is 0 Å². The minimum Gasteiger partial charge on any atom is -0.366 e. The molecule has 0 aliphatic rings. The van der Waals surface area contributed by atoms with Crippen molar-refractivity contribution in [1.29, 1.82) is 0 Å². The van der Waals surface area contributed by atoms with Crippen LogP contribution in [0.4, 0.5) is 0 Å². The topological polar surface area (TPSA) is 43.1 Å². The van der Waals surface area contributed by atoms with Crippen LogP contribution in [0.25, 0.3) is 0 Å². The van der Waals surface area contributed by atoms with Gasteiger partial charge in [0.05, 0.1) is 0 Å². The highest BCUT2D eigenvalue weighted by atomic mass is 16.1. The van der Waals surface area contributed by atoms with E-state index in [9.17, 15) is 4.79 Å². The first-order chi connectivity index (χ1) is 3.92. The number of carbonyl (C=O) groups excluding carboxylic acids is 1. The largest absolute Gasteiger partial charge is 0.366 e. The molecule has 2 heteroatoms. The van der Waals surface area contributed by atoms with Crippen LogP contribution in [0, 0.1) is 11.5 Å². The lowest BCUT2D eigenvalue weighted by molar-refractivity contribution is -0.114. The minimum atomic E-state index is -0.509. The van der Waals surface area contributed by atoms with Gasteiger partial charge >= 0.3 is 0 Å². The molecule has 0 aliphatic heterocycles. The normalized spacial score (nSPS) is 12.3. The van der Waals surface area contributed by atoms with E-state index in [1.54, 1.807) is 6.08 Å². The fourth-order valence-electron chi connectivity index (χ4n) is 0.288. The van der Waals surface area contributed by atoms with Crippen LogP contribution in [0.2, 0.25) is 0 Å². The Bertz CT molecular complexity index is 130. The Morgan fingerprint density at radius 1 is 1.56 bits per heavy atom. The average Bonchev–Trinajstić information content (AvgIpc) is 1.59. The van der Waals surface area contributed by atoms with Gasteiger partial charge in [-0.2, -0.15) is 0 Å². The first kappa shape index (κ1) is 8.21. The van der Waals surface area contributed by atoms with Gasteiger partial charge in [-0.1, -0.05) is 26.8 Å². The molecule has 2 N–H and O–H groups in total. The molecule has 0 spiro atoms. The van der Waals surface area contributed by atoms with E-state index in [1.165, 1.54) is 0 Å². The fourth-order valence-corrected chi connectivity index (χ4v) is 0.288. The van der Waals surface area contributed by atoms with Gasteiger partial charge in [0, 0.05) is 6.08 Å². The zero-order valence-corrected chi connectivity index (χ0v) is 6.06. The van der Waals surface area contributed by atoms with Gasteiger partial charge in [-0.3, -0.25) is 4.79 Å². The summed E-state index contributed by atoms with van der Waals surface area (Å²) in [4.78, 5) is 10.1. The molecule has 9 heavy (non-hydrogen) atoms. The lowest BCUT2D eigenvalue weighted by Crippen LogP contribution is -2.09. The number of nitrogens with two attached hydrogens (primary N) is 1. The predicted molar refractivity (Wildman–Crippen MR) is 36.5 cm³/mol. The summed E-state index contributed by atoms with van der Waals surface area (Å²) in [5.74, 6) is -0.509. The first-order valence-corrected chi connectivity index (χ1v) is 2.82. The molecule has 1 radical (unpaired) electrons. The number of allylic oxidation sites excluding steroid dienone is 1. The Hall–Kier alpha value is -0.790. The van der Waals surface area contributed by atoms with Crippen molar-refractivity contribution in [3.05, 3.63) is 12.2 Å². The van der Waals surface area contributed by atoms with E-state index in [-0.39, 0.29) is 5.41 Å². The summed E-state index contributed by atoms with van der Waals surface area (Å²) in [6.45, 7) is 5.93. The molecule has 0 saturated carbocycles. The number of hydrogen-bond acceptors (Lipinski definition) is 1. The Labute approximate surface area is 55.7 Å². The van der Waals surface area contributed by atoms with Gasteiger partial charge in [0.2, 0.25) is 5.91 Å². The van der Waals surface area contributed by atoms with Crippen molar-refractivity contribution in [1.82, 2.24) is 0 Å². The highest BCUT2D eigenvalue weighted by Crippen LogP contribution is 2.13. The van der Waals surface area contributed by atoms with Crippen molar-refractivity contribution in [2.75, 3.05) is 0 Å². The van der Waals surface area contributed by atoms with Gasteiger partial charge in [0.15, 0.2) is 0 Å². The maximum atomic E-state index is 10.1. The molecule has 1 amide bonds. The van der Waals surface area contributed by atoms with E-state index in [1.807, 2.05) is 20.8 Å². The molecule has 0 unspecified atom stereocenters.